The van der Waals surface area contributed by atoms with Crippen LogP contribution in [0, 0.1) is 12.8 Å². The van der Waals surface area contributed by atoms with Gasteiger partial charge in [-0.2, -0.15) is 0 Å². The van der Waals surface area contributed by atoms with Crippen molar-refractivity contribution in [1.29, 1.82) is 0 Å². The molecule has 2 rings (SSSR count). The standard InChI is InChI=1S/C14H20N2S/c1-11-4-2-5-12(8-11)9-16-7-3-6-13(10-16)14(15)17/h2,4-5,8,13H,3,6-7,9-10H2,1H3,(H2,15,17). The van der Waals surface area contributed by atoms with Crippen LogP contribution in [0.25, 0.3) is 0 Å². The van der Waals surface area contributed by atoms with E-state index in [2.05, 4.69) is 36.1 Å². The maximum absolute atomic E-state index is 5.75. The molecule has 2 N–H and O–H groups in total. The molecule has 0 aromatic heterocycles. The Morgan fingerprint density at radius 3 is 3.06 bits per heavy atom. The predicted molar refractivity (Wildman–Crippen MR) is 76.0 cm³/mol. The SMILES string of the molecule is Cc1cccc(CN2CCCC(C(N)=S)C2)c1. The van der Waals surface area contributed by atoms with Gasteiger partial charge in [-0.05, 0) is 31.9 Å². The lowest BCUT2D eigenvalue weighted by Crippen LogP contribution is -2.39. The lowest BCUT2D eigenvalue weighted by atomic mass is 9.97. The zero-order valence-corrected chi connectivity index (χ0v) is 11.2. The average molecular weight is 248 g/mol. The Morgan fingerprint density at radius 1 is 1.53 bits per heavy atom. The molecule has 0 spiro atoms. The number of piperidine rings is 1. The fourth-order valence-electron chi connectivity index (χ4n) is 2.50. The topological polar surface area (TPSA) is 29.3 Å². The summed E-state index contributed by atoms with van der Waals surface area (Å²) >= 11 is 5.10. The minimum absolute atomic E-state index is 0.406. The highest BCUT2D eigenvalue weighted by Gasteiger charge is 2.21. The molecule has 1 saturated heterocycles. The average Bonchev–Trinajstić information content (AvgIpc) is 2.29. The molecule has 1 fully saturated rings. The summed E-state index contributed by atoms with van der Waals surface area (Å²) in [7, 11) is 0. The van der Waals surface area contributed by atoms with Crippen LogP contribution in [0.1, 0.15) is 24.0 Å². The highest BCUT2D eigenvalue weighted by molar-refractivity contribution is 7.80. The molecule has 1 heterocycles. The predicted octanol–water partition coefficient (Wildman–Crippen LogP) is 2.49. The molecule has 1 aromatic rings. The second-order valence-electron chi connectivity index (χ2n) is 4.97. The van der Waals surface area contributed by atoms with E-state index in [-0.39, 0.29) is 0 Å². The highest BCUT2D eigenvalue weighted by atomic mass is 32.1. The molecular formula is C14H20N2S. The molecule has 1 unspecified atom stereocenters. The normalized spacial score (nSPS) is 21.4. The van der Waals surface area contributed by atoms with Crippen LogP contribution in [-0.2, 0) is 6.54 Å². The first kappa shape index (κ1) is 12.5. The fourth-order valence-corrected chi connectivity index (χ4v) is 2.69. The number of benzene rings is 1. The summed E-state index contributed by atoms with van der Waals surface area (Å²) in [5, 5.41) is 0. The molecule has 1 aliphatic rings. The van der Waals surface area contributed by atoms with Gasteiger partial charge >= 0.3 is 0 Å². The molecule has 0 bridgehead atoms. The zero-order valence-electron chi connectivity index (χ0n) is 10.4. The van der Waals surface area contributed by atoms with Crippen LogP contribution in [0.5, 0.6) is 0 Å². The summed E-state index contributed by atoms with van der Waals surface area (Å²) in [6.07, 6.45) is 2.35. The van der Waals surface area contributed by atoms with E-state index in [1.165, 1.54) is 17.5 Å². The number of aryl methyl sites for hydroxylation is 1. The van der Waals surface area contributed by atoms with Crippen molar-refractivity contribution in [3.05, 3.63) is 35.4 Å². The monoisotopic (exact) mass is 248 g/mol. The van der Waals surface area contributed by atoms with Gasteiger partial charge in [-0.3, -0.25) is 4.90 Å². The molecule has 0 aliphatic carbocycles. The summed E-state index contributed by atoms with van der Waals surface area (Å²) in [4.78, 5) is 3.14. The van der Waals surface area contributed by atoms with Gasteiger partial charge in [0.2, 0.25) is 0 Å². The van der Waals surface area contributed by atoms with Crippen LogP contribution in [0.4, 0.5) is 0 Å². The summed E-state index contributed by atoms with van der Waals surface area (Å²) in [5.74, 6) is 0.406. The quantitative estimate of drug-likeness (QED) is 0.833. The highest BCUT2D eigenvalue weighted by Crippen LogP contribution is 2.19. The number of thiocarbonyl (C=S) groups is 1. The first-order valence-electron chi connectivity index (χ1n) is 6.22. The number of hydrogen-bond donors (Lipinski definition) is 1. The van der Waals surface area contributed by atoms with Crippen LogP contribution in [-0.4, -0.2) is 23.0 Å². The van der Waals surface area contributed by atoms with Gasteiger partial charge in [0, 0.05) is 19.0 Å². The van der Waals surface area contributed by atoms with Gasteiger partial charge in [-0.15, -0.1) is 0 Å². The minimum atomic E-state index is 0.406. The summed E-state index contributed by atoms with van der Waals surface area (Å²) < 4.78 is 0. The molecule has 92 valence electrons. The summed E-state index contributed by atoms with van der Waals surface area (Å²) in [6, 6.07) is 8.71. The van der Waals surface area contributed by atoms with E-state index in [0.29, 0.717) is 10.9 Å². The van der Waals surface area contributed by atoms with Crippen molar-refractivity contribution in [2.24, 2.45) is 11.7 Å². The minimum Gasteiger partial charge on any atom is -0.393 e. The Balaban J connectivity index is 1.97. The molecule has 3 heteroatoms. The van der Waals surface area contributed by atoms with Crippen LogP contribution in [0.15, 0.2) is 24.3 Å². The van der Waals surface area contributed by atoms with Crippen molar-refractivity contribution >= 4 is 17.2 Å². The second-order valence-corrected chi connectivity index (χ2v) is 5.44. The molecule has 0 saturated carbocycles. The van der Waals surface area contributed by atoms with Crippen molar-refractivity contribution in [2.45, 2.75) is 26.3 Å². The fraction of sp³-hybridized carbons (Fsp3) is 0.500. The van der Waals surface area contributed by atoms with Gasteiger partial charge in [0.1, 0.15) is 0 Å². The Kier molecular flexibility index (Phi) is 4.13. The van der Waals surface area contributed by atoms with E-state index < -0.39 is 0 Å². The summed E-state index contributed by atoms with van der Waals surface area (Å²) in [5.41, 5.74) is 8.46. The molecular weight excluding hydrogens is 228 g/mol. The number of nitrogens with two attached hydrogens (primary N) is 1. The van der Waals surface area contributed by atoms with Crippen molar-refractivity contribution in [3.8, 4) is 0 Å². The molecule has 1 aliphatic heterocycles. The Hall–Kier alpha value is -0.930. The van der Waals surface area contributed by atoms with E-state index in [1.54, 1.807) is 0 Å². The third-order valence-corrected chi connectivity index (χ3v) is 3.73. The van der Waals surface area contributed by atoms with E-state index in [4.69, 9.17) is 18.0 Å². The van der Waals surface area contributed by atoms with Crippen LogP contribution >= 0.6 is 12.2 Å². The molecule has 1 atom stereocenters. The van der Waals surface area contributed by atoms with Crippen LogP contribution in [0.3, 0.4) is 0 Å². The number of likely N-dealkylation sites (tertiary alicyclic amines) is 1. The van der Waals surface area contributed by atoms with Gasteiger partial charge < -0.3 is 5.73 Å². The number of nitrogens with zero attached hydrogens (tertiary/aromatic N) is 1. The van der Waals surface area contributed by atoms with Crippen LogP contribution in [0.2, 0.25) is 0 Å². The zero-order chi connectivity index (χ0) is 12.3. The van der Waals surface area contributed by atoms with Crippen molar-refractivity contribution in [1.82, 2.24) is 4.90 Å². The first-order valence-corrected chi connectivity index (χ1v) is 6.63. The van der Waals surface area contributed by atoms with Gasteiger partial charge in [0.15, 0.2) is 0 Å². The maximum atomic E-state index is 5.75. The Morgan fingerprint density at radius 2 is 2.35 bits per heavy atom. The Labute approximate surface area is 109 Å². The lowest BCUT2D eigenvalue weighted by molar-refractivity contribution is 0.197. The van der Waals surface area contributed by atoms with Crippen molar-refractivity contribution in [2.75, 3.05) is 13.1 Å². The molecule has 0 radical (unpaired) electrons. The lowest BCUT2D eigenvalue weighted by Gasteiger charge is -2.32. The summed E-state index contributed by atoms with van der Waals surface area (Å²) in [6.45, 7) is 5.33. The van der Waals surface area contributed by atoms with Gasteiger partial charge in [-0.1, -0.05) is 42.0 Å². The first-order chi connectivity index (χ1) is 8.15. The van der Waals surface area contributed by atoms with E-state index in [0.717, 1.165) is 26.1 Å². The van der Waals surface area contributed by atoms with Gasteiger partial charge in [0.05, 0.1) is 4.99 Å². The Bertz CT molecular complexity index is 403. The van der Waals surface area contributed by atoms with Crippen LogP contribution < -0.4 is 5.73 Å². The second kappa shape index (κ2) is 5.61. The third kappa shape index (κ3) is 3.51. The van der Waals surface area contributed by atoms with E-state index >= 15 is 0 Å². The smallest absolute Gasteiger partial charge is 0.0771 e. The van der Waals surface area contributed by atoms with Crippen molar-refractivity contribution < 1.29 is 0 Å². The molecule has 1 aromatic carbocycles. The number of hydrogen-bond acceptors (Lipinski definition) is 2. The largest absolute Gasteiger partial charge is 0.393 e. The molecule has 0 amide bonds. The van der Waals surface area contributed by atoms with Gasteiger partial charge in [0.25, 0.3) is 0 Å². The van der Waals surface area contributed by atoms with E-state index in [9.17, 15) is 0 Å². The molecule has 17 heavy (non-hydrogen) atoms. The van der Waals surface area contributed by atoms with Crippen molar-refractivity contribution in [3.63, 3.8) is 0 Å². The third-order valence-electron chi connectivity index (χ3n) is 3.40. The van der Waals surface area contributed by atoms with Gasteiger partial charge in [-0.25, -0.2) is 0 Å². The van der Waals surface area contributed by atoms with E-state index in [1.807, 2.05) is 0 Å². The maximum Gasteiger partial charge on any atom is 0.0771 e. The number of rotatable bonds is 3. The molecule has 2 nitrogen and oxygen atoms in total.